The number of hydrogen-bond donors (Lipinski definition) is 0. The van der Waals surface area contributed by atoms with Crippen LogP contribution in [0, 0.1) is 0 Å². The van der Waals surface area contributed by atoms with E-state index >= 15 is 0 Å². The third kappa shape index (κ3) is 313. The van der Waals surface area contributed by atoms with Gasteiger partial charge < -0.3 is 38.5 Å². The zero-order valence-corrected chi connectivity index (χ0v) is 17.5. The molecule has 0 fully saturated rings. The molecule has 73 valence electrons. The molecule has 0 amide bonds. The first-order valence-electron chi connectivity index (χ1n) is 1.46. The van der Waals surface area contributed by atoms with E-state index < -0.39 is 15.6 Å². The SMILES string of the molecule is O=P([O-])([O-])[O-].O=P([O-])([O-])[O-].[Al].[Al].[Al].[Mg+2].[Mg+2].[Mg+2]. The molecule has 0 unspecified atom stereocenters. The Morgan fingerprint density at radius 1 is 0.500 bits per heavy atom. The van der Waals surface area contributed by atoms with Gasteiger partial charge in [-0.15, -0.1) is 0 Å². The fourth-order valence-electron chi connectivity index (χ4n) is 0. The van der Waals surface area contributed by atoms with Crippen LogP contribution in [0.4, 0.5) is 0 Å². The van der Waals surface area contributed by atoms with Crippen molar-refractivity contribution in [3.8, 4) is 0 Å². The van der Waals surface area contributed by atoms with Gasteiger partial charge in [-0.25, -0.2) is 0 Å². The molecule has 0 atom stereocenters. The summed E-state index contributed by atoms with van der Waals surface area (Å²) in [5.41, 5.74) is 0. The van der Waals surface area contributed by atoms with Gasteiger partial charge in [0.2, 0.25) is 0 Å². The summed E-state index contributed by atoms with van der Waals surface area (Å²) in [7, 11) is -10.8. The van der Waals surface area contributed by atoms with Crippen LogP contribution >= 0.6 is 15.6 Å². The monoisotopic (exact) mass is 343 g/mol. The van der Waals surface area contributed by atoms with E-state index in [0.29, 0.717) is 0 Å². The van der Waals surface area contributed by atoms with Gasteiger partial charge in [0.1, 0.15) is 0 Å². The second-order valence-electron chi connectivity index (χ2n) is 0.894. The van der Waals surface area contributed by atoms with Gasteiger partial charge in [-0.1, -0.05) is 0 Å². The van der Waals surface area contributed by atoms with Crippen molar-refractivity contribution in [2.45, 2.75) is 0 Å². The summed E-state index contributed by atoms with van der Waals surface area (Å²) in [5.74, 6) is 0. The van der Waals surface area contributed by atoms with Crippen molar-refractivity contribution < 1.29 is 38.5 Å². The average molecular weight is 344 g/mol. The minimum absolute atomic E-state index is 0. The van der Waals surface area contributed by atoms with Crippen molar-refractivity contribution in [3.63, 3.8) is 0 Å². The van der Waals surface area contributed by atoms with Crippen molar-refractivity contribution in [1.82, 2.24) is 0 Å². The van der Waals surface area contributed by atoms with Crippen molar-refractivity contribution in [2.24, 2.45) is 0 Å². The number of hydrogen-bond acceptors (Lipinski definition) is 8. The normalized spacial score (nSPS) is 7.38. The van der Waals surface area contributed by atoms with E-state index in [4.69, 9.17) is 38.5 Å². The average Bonchev–Trinajstić information content (AvgIpc) is 1.12. The molecule has 0 bridgehead atoms. The Bertz CT molecular complexity index is 141. The van der Waals surface area contributed by atoms with Crippen molar-refractivity contribution in [3.05, 3.63) is 0 Å². The predicted octanol–water partition coefficient (Wildman–Crippen LogP) is -7.93. The summed E-state index contributed by atoms with van der Waals surface area (Å²) in [6.45, 7) is 0. The van der Waals surface area contributed by atoms with Gasteiger partial charge in [0.25, 0.3) is 0 Å². The maximum Gasteiger partial charge on any atom is 2.00 e. The molecule has 0 aromatic rings. The maximum absolute atomic E-state index is 8.55. The quantitative estimate of drug-likeness (QED) is 0.308. The summed E-state index contributed by atoms with van der Waals surface area (Å²) in [6, 6.07) is 0. The Kier molecular flexibility index (Phi) is 75.6. The maximum atomic E-state index is 8.55. The van der Waals surface area contributed by atoms with Gasteiger partial charge in [-0.3, -0.25) is 0 Å². The largest absolute Gasteiger partial charge is 2.00 e. The smallest absolute Gasteiger partial charge is 0.822 e. The molecule has 16 heavy (non-hydrogen) atoms. The standard InChI is InChI=1S/3Al.3Mg.2H3O4P/c;;;;;;2*1-5(2,3)4/h;;;;;;2*(H3,1,2,3,4)/q;;;3*+2;;/p-6. The van der Waals surface area contributed by atoms with E-state index in [0.717, 1.165) is 0 Å². The van der Waals surface area contributed by atoms with Gasteiger partial charge in [-0.05, 0) is 0 Å². The minimum atomic E-state index is -5.39. The number of rotatable bonds is 0. The topological polar surface area (TPSA) is 172 Å². The zero-order chi connectivity index (χ0) is 9.00. The Balaban J connectivity index is -0.00000000970. The molecule has 0 aliphatic rings. The summed E-state index contributed by atoms with van der Waals surface area (Å²) in [4.78, 5) is 51.3. The summed E-state index contributed by atoms with van der Waals surface area (Å²) < 4.78 is 17.1. The Morgan fingerprint density at radius 2 is 0.500 bits per heavy atom. The van der Waals surface area contributed by atoms with E-state index in [-0.39, 0.29) is 121 Å². The van der Waals surface area contributed by atoms with Crippen LogP contribution in [0.5, 0.6) is 0 Å². The molecule has 0 saturated heterocycles. The summed E-state index contributed by atoms with van der Waals surface area (Å²) >= 11 is 0. The first kappa shape index (κ1) is 50.1. The van der Waals surface area contributed by atoms with E-state index in [2.05, 4.69) is 0 Å². The second kappa shape index (κ2) is 24.2. The van der Waals surface area contributed by atoms with Crippen LogP contribution in [0.25, 0.3) is 0 Å². The first-order valence-corrected chi connectivity index (χ1v) is 4.38. The van der Waals surface area contributed by atoms with Crippen molar-refractivity contribution >= 4 is 137 Å². The Hall–Kier alpha value is 4.12. The fraction of sp³-hybridized carbons (Fsp3) is 0. The zero-order valence-electron chi connectivity index (χ0n) is 8.01. The molecule has 0 aromatic heterocycles. The minimum Gasteiger partial charge on any atom is -0.822 e. The van der Waals surface area contributed by atoms with Crippen LogP contribution < -0.4 is 29.4 Å². The molecule has 0 rings (SSSR count). The first-order chi connectivity index (χ1) is 4.00. The van der Waals surface area contributed by atoms with Crippen LogP contribution in [-0.4, -0.2) is 121 Å². The molecule has 0 saturated carbocycles. The molecule has 9 radical (unpaired) electrons. The summed E-state index contributed by atoms with van der Waals surface area (Å²) in [5, 5.41) is 0. The molecule has 0 spiro atoms. The van der Waals surface area contributed by atoms with Crippen LogP contribution in [0.3, 0.4) is 0 Å². The summed E-state index contributed by atoms with van der Waals surface area (Å²) in [6.07, 6.45) is 0. The Labute approximate surface area is 173 Å². The van der Waals surface area contributed by atoms with Gasteiger partial charge in [0.15, 0.2) is 0 Å². The third-order valence-electron chi connectivity index (χ3n) is 0. The van der Waals surface area contributed by atoms with Crippen LogP contribution in [0.2, 0.25) is 0 Å². The van der Waals surface area contributed by atoms with E-state index in [1.807, 2.05) is 0 Å². The van der Waals surface area contributed by atoms with E-state index in [9.17, 15) is 0 Å². The molecular formula is Al3Mg3O8P2. The fourth-order valence-corrected chi connectivity index (χ4v) is 0. The molecule has 0 aliphatic carbocycles. The Morgan fingerprint density at radius 3 is 0.500 bits per heavy atom. The van der Waals surface area contributed by atoms with E-state index in [1.54, 1.807) is 0 Å². The molecule has 0 heterocycles. The predicted molar refractivity (Wildman–Crippen MR) is 49.7 cm³/mol. The molecule has 8 nitrogen and oxygen atoms in total. The number of phosphoric acid groups is 2. The molecule has 16 heteroatoms. The van der Waals surface area contributed by atoms with Crippen molar-refractivity contribution in [1.29, 1.82) is 0 Å². The second-order valence-corrected chi connectivity index (χ2v) is 2.68. The molecule has 0 N–H and O–H groups in total. The molecule has 0 aromatic carbocycles. The molecular weight excluding hydrogens is 344 g/mol. The molecule has 0 aliphatic heterocycles. The third-order valence-corrected chi connectivity index (χ3v) is 0. The van der Waals surface area contributed by atoms with Crippen LogP contribution in [0.1, 0.15) is 0 Å². The van der Waals surface area contributed by atoms with Gasteiger partial charge in [0.05, 0.1) is 0 Å². The van der Waals surface area contributed by atoms with E-state index in [1.165, 1.54) is 0 Å². The van der Waals surface area contributed by atoms with Gasteiger partial charge in [0, 0.05) is 52.1 Å². The van der Waals surface area contributed by atoms with Gasteiger partial charge >= 0.3 is 69.2 Å². The van der Waals surface area contributed by atoms with Crippen LogP contribution in [0.15, 0.2) is 0 Å². The van der Waals surface area contributed by atoms with Crippen molar-refractivity contribution in [2.75, 3.05) is 0 Å². The van der Waals surface area contributed by atoms with Gasteiger partial charge in [-0.2, -0.15) is 15.6 Å². The van der Waals surface area contributed by atoms with Crippen LogP contribution in [-0.2, 0) is 9.13 Å².